The van der Waals surface area contributed by atoms with Crippen LogP contribution in [0.25, 0.3) is 0 Å². The van der Waals surface area contributed by atoms with Gasteiger partial charge in [-0.15, -0.1) is 0 Å². The molecule has 0 aliphatic rings. The molecule has 0 aliphatic carbocycles. The maximum absolute atomic E-state index is 5.77. The molecule has 0 heterocycles. The summed E-state index contributed by atoms with van der Waals surface area (Å²) in [5.74, 6) is 0.827. The minimum Gasteiger partial charge on any atom is -0.360 e. The first-order valence-corrected chi connectivity index (χ1v) is 6.25. The number of hydrogen-bond donors (Lipinski definition) is 0. The fourth-order valence-electron chi connectivity index (χ4n) is 1.21. The van der Waals surface area contributed by atoms with Crippen molar-refractivity contribution in [2.24, 2.45) is 5.92 Å². The van der Waals surface area contributed by atoms with E-state index in [0.717, 1.165) is 25.7 Å². The van der Waals surface area contributed by atoms with E-state index in [1.165, 1.54) is 12.8 Å². The molecular formula is C13H29NO. The number of rotatable bonds is 7. The molecule has 15 heavy (non-hydrogen) atoms. The lowest BCUT2D eigenvalue weighted by Gasteiger charge is -2.27. The summed E-state index contributed by atoms with van der Waals surface area (Å²) >= 11 is 0. The molecule has 0 radical (unpaired) electrons. The van der Waals surface area contributed by atoms with Gasteiger partial charge in [0.1, 0.15) is 0 Å². The van der Waals surface area contributed by atoms with Gasteiger partial charge in [0.05, 0.1) is 12.3 Å². The van der Waals surface area contributed by atoms with Crippen LogP contribution in [-0.2, 0) is 4.74 Å². The SMILES string of the molecule is CCC(C)CCN(CC)COC(C)(C)C. The van der Waals surface area contributed by atoms with Crippen molar-refractivity contribution in [2.45, 2.75) is 60.0 Å². The molecule has 0 spiro atoms. The Morgan fingerprint density at radius 1 is 1.20 bits per heavy atom. The molecule has 0 bridgehead atoms. The van der Waals surface area contributed by atoms with Crippen LogP contribution in [-0.4, -0.2) is 30.3 Å². The third kappa shape index (κ3) is 8.88. The van der Waals surface area contributed by atoms with E-state index in [2.05, 4.69) is 46.4 Å². The first-order valence-electron chi connectivity index (χ1n) is 6.25. The Bertz CT molecular complexity index is 151. The summed E-state index contributed by atoms with van der Waals surface area (Å²) < 4.78 is 5.77. The summed E-state index contributed by atoms with van der Waals surface area (Å²) in [6.45, 7) is 16.1. The third-order valence-corrected chi connectivity index (χ3v) is 2.76. The van der Waals surface area contributed by atoms with E-state index in [1.807, 2.05) is 0 Å². The molecule has 1 unspecified atom stereocenters. The monoisotopic (exact) mass is 215 g/mol. The second-order valence-corrected chi connectivity index (χ2v) is 5.40. The second kappa shape index (κ2) is 7.24. The Hall–Kier alpha value is -0.0800. The molecule has 0 aliphatic heterocycles. The molecule has 0 saturated carbocycles. The average molecular weight is 215 g/mol. The van der Waals surface area contributed by atoms with Crippen molar-refractivity contribution >= 4 is 0 Å². The lowest BCUT2D eigenvalue weighted by molar-refractivity contribution is -0.0629. The molecule has 0 aromatic rings. The third-order valence-electron chi connectivity index (χ3n) is 2.76. The summed E-state index contributed by atoms with van der Waals surface area (Å²) in [5.41, 5.74) is -0.0240. The van der Waals surface area contributed by atoms with Crippen molar-refractivity contribution in [2.75, 3.05) is 19.8 Å². The van der Waals surface area contributed by atoms with Crippen LogP contribution in [0, 0.1) is 5.92 Å². The molecule has 2 nitrogen and oxygen atoms in total. The summed E-state index contributed by atoms with van der Waals surface area (Å²) in [5, 5.41) is 0. The van der Waals surface area contributed by atoms with Crippen molar-refractivity contribution in [1.82, 2.24) is 4.90 Å². The average Bonchev–Trinajstić information content (AvgIpc) is 2.16. The van der Waals surface area contributed by atoms with Gasteiger partial charge >= 0.3 is 0 Å². The van der Waals surface area contributed by atoms with Gasteiger partial charge in [0.2, 0.25) is 0 Å². The molecule has 0 N–H and O–H groups in total. The first kappa shape index (κ1) is 14.9. The van der Waals surface area contributed by atoms with E-state index in [4.69, 9.17) is 4.74 Å². The number of nitrogens with zero attached hydrogens (tertiary/aromatic N) is 1. The molecule has 0 saturated heterocycles. The van der Waals surface area contributed by atoms with Crippen molar-refractivity contribution < 1.29 is 4.74 Å². The molecule has 0 aromatic heterocycles. The van der Waals surface area contributed by atoms with Crippen molar-refractivity contribution in [3.05, 3.63) is 0 Å². The van der Waals surface area contributed by atoms with E-state index >= 15 is 0 Å². The van der Waals surface area contributed by atoms with Gasteiger partial charge in [0, 0.05) is 6.54 Å². The molecule has 0 aromatic carbocycles. The normalized spacial score (nSPS) is 14.6. The lowest BCUT2D eigenvalue weighted by Crippen LogP contribution is -2.33. The van der Waals surface area contributed by atoms with Crippen molar-refractivity contribution in [3.8, 4) is 0 Å². The Morgan fingerprint density at radius 2 is 1.80 bits per heavy atom. The van der Waals surface area contributed by atoms with Gasteiger partial charge < -0.3 is 4.74 Å². The number of hydrogen-bond acceptors (Lipinski definition) is 2. The fourth-order valence-corrected chi connectivity index (χ4v) is 1.21. The lowest BCUT2D eigenvalue weighted by atomic mass is 10.1. The van der Waals surface area contributed by atoms with E-state index in [1.54, 1.807) is 0 Å². The molecule has 92 valence electrons. The van der Waals surface area contributed by atoms with Crippen LogP contribution < -0.4 is 0 Å². The molecule has 0 rings (SSSR count). The maximum Gasteiger partial charge on any atom is 0.0997 e. The smallest absolute Gasteiger partial charge is 0.0997 e. The Kier molecular flexibility index (Phi) is 7.20. The Labute approximate surface area is 96.0 Å². The van der Waals surface area contributed by atoms with E-state index in [0.29, 0.717) is 0 Å². The Balaban J connectivity index is 3.73. The zero-order chi connectivity index (χ0) is 11.9. The predicted molar refractivity (Wildman–Crippen MR) is 67.0 cm³/mol. The van der Waals surface area contributed by atoms with Crippen LogP contribution in [0.1, 0.15) is 54.4 Å². The topological polar surface area (TPSA) is 12.5 Å². The van der Waals surface area contributed by atoms with Gasteiger partial charge in [0.25, 0.3) is 0 Å². The predicted octanol–water partition coefficient (Wildman–Crippen LogP) is 3.52. The van der Waals surface area contributed by atoms with Crippen LogP contribution in [0.5, 0.6) is 0 Å². The molecular weight excluding hydrogens is 186 g/mol. The number of ether oxygens (including phenoxy) is 1. The highest BCUT2D eigenvalue weighted by atomic mass is 16.5. The van der Waals surface area contributed by atoms with Crippen LogP contribution in [0.15, 0.2) is 0 Å². The highest BCUT2D eigenvalue weighted by Gasteiger charge is 2.12. The Morgan fingerprint density at radius 3 is 2.20 bits per heavy atom. The van der Waals surface area contributed by atoms with Gasteiger partial charge in [-0.3, -0.25) is 4.90 Å². The fraction of sp³-hybridized carbons (Fsp3) is 1.00. The minimum absolute atomic E-state index is 0.0240. The standard InChI is InChI=1S/C13H29NO/c1-7-12(3)9-10-14(8-2)11-15-13(4,5)6/h12H,7-11H2,1-6H3. The highest BCUT2D eigenvalue weighted by Crippen LogP contribution is 2.10. The van der Waals surface area contributed by atoms with Crippen LogP contribution in [0.2, 0.25) is 0 Å². The van der Waals surface area contributed by atoms with Gasteiger partial charge in [-0.2, -0.15) is 0 Å². The molecule has 1 atom stereocenters. The minimum atomic E-state index is -0.0240. The van der Waals surface area contributed by atoms with E-state index in [9.17, 15) is 0 Å². The first-order chi connectivity index (χ1) is 6.89. The van der Waals surface area contributed by atoms with Crippen LogP contribution >= 0.6 is 0 Å². The summed E-state index contributed by atoms with van der Waals surface area (Å²) in [7, 11) is 0. The zero-order valence-corrected chi connectivity index (χ0v) is 11.5. The summed E-state index contributed by atoms with van der Waals surface area (Å²) in [6.07, 6.45) is 2.55. The second-order valence-electron chi connectivity index (χ2n) is 5.40. The zero-order valence-electron chi connectivity index (χ0n) is 11.5. The van der Waals surface area contributed by atoms with Gasteiger partial charge in [-0.05, 0) is 39.7 Å². The van der Waals surface area contributed by atoms with Crippen LogP contribution in [0.3, 0.4) is 0 Å². The largest absolute Gasteiger partial charge is 0.360 e. The van der Waals surface area contributed by atoms with Gasteiger partial charge in [-0.25, -0.2) is 0 Å². The maximum atomic E-state index is 5.77. The molecule has 0 fully saturated rings. The summed E-state index contributed by atoms with van der Waals surface area (Å²) in [4.78, 5) is 2.37. The highest BCUT2D eigenvalue weighted by molar-refractivity contribution is 4.60. The summed E-state index contributed by atoms with van der Waals surface area (Å²) in [6, 6.07) is 0. The van der Waals surface area contributed by atoms with Crippen LogP contribution in [0.4, 0.5) is 0 Å². The molecule has 2 heteroatoms. The van der Waals surface area contributed by atoms with Crippen molar-refractivity contribution in [3.63, 3.8) is 0 Å². The van der Waals surface area contributed by atoms with Gasteiger partial charge in [-0.1, -0.05) is 27.2 Å². The van der Waals surface area contributed by atoms with Gasteiger partial charge in [0.15, 0.2) is 0 Å². The van der Waals surface area contributed by atoms with E-state index in [-0.39, 0.29) is 5.60 Å². The van der Waals surface area contributed by atoms with E-state index < -0.39 is 0 Å². The molecule has 0 amide bonds. The van der Waals surface area contributed by atoms with Crippen molar-refractivity contribution in [1.29, 1.82) is 0 Å². The quantitative estimate of drug-likeness (QED) is 0.603.